The van der Waals surface area contributed by atoms with E-state index in [4.69, 9.17) is 14.2 Å². The SMILES string of the molecule is COc1cccc(C(=O)O[C@H]2[C@H](Cc3ccccc3)NS(=O)(=O)[C@H]3C[C@H]4C=C[C@]23O4)c1. The van der Waals surface area contributed by atoms with E-state index in [2.05, 4.69) is 4.72 Å². The summed E-state index contributed by atoms with van der Waals surface area (Å²) in [5.41, 5.74) is 0.0719. The highest BCUT2D eigenvalue weighted by molar-refractivity contribution is 7.90. The lowest BCUT2D eigenvalue weighted by Crippen LogP contribution is -2.68. The number of carbonyl (C=O) groups is 1. The molecular weight excluding hydrogens is 418 g/mol. The fourth-order valence-corrected chi connectivity index (χ4v) is 6.80. The van der Waals surface area contributed by atoms with Gasteiger partial charge in [0.2, 0.25) is 10.0 Å². The molecular formula is C23H23NO6S. The van der Waals surface area contributed by atoms with Gasteiger partial charge in [-0.2, -0.15) is 0 Å². The number of esters is 1. The maximum absolute atomic E-state index is 13.1. The molecule has 0 saturated carbocycles. The van der Waals surface area contributed by atoms with E-state index < -0.39 is 39.0 Å². The third-order valence-electron chi connectivity index (χ3n) is 6.21. The van der Waals surface area contributed by atoms with Crippen molar-refractivity contribution in [3.8, 4) is 5.75 Å². The molecule has 7 nitrogen and oxygen atoms in total. The molecule has 8 heteroatoms. The van der Waals surface area contributed by atoms with E-state index in [9.17, 15) is 13.2 Å². The molecule has 1 N–H and O–H groups in total. The molecule has 3 heterocycles. The highest BCUT2D eigenvalue weighted by Gasteiger charge is 2.66. The van der Waals surface area contributed by atoms with Crippen molar-refractivity contribution in [2.75, 3.05) is 7.11 Å². The van der Waals surface area contributed by atoms with E-state index in [1.165, 1.54) is 7.11 Å². The minimum Gasteiger partial charge on any atom is -0.497 e. The lowest BCUT2D eigenvalue weighted by Gasteiger charge is -2.45. The fraction of sp³-hybridized carbons (Fsp3) is 0.348. The molecule has 5 rings (SSSR count). The van der Waals surface area contributed by atoms with Gasteiger partial charge < -0.3 is 14.2 Å². The van der Waals surface area contributed by atoms with Crippen LogP contribution in [0.1, 0.15) is 22.3 Å². The molecule has 2 aromatic rings. The Morgan fingerprint density at radius 2 is 2.00 bits per heavy atom. The van der Waals surface area contributed by atoms with Gasteiger partial charge in [-0.25, -0.2) is 17.9 Å². The first-order valence-corrected chi connectivity index (χ1v) is 11.7. The highest BCUT2D eigenvalue weighted by Crippen LogP contribution is 2.48. The number of rotatable bonds is 5. The topological polar surface area (TPSA) is 90.9 Å². The first kappa shape index (κ1) is 20.2. The van der Waals surface area contributed by atoms with Crippen molar-refractivity contribution in [1.29, 1.82) is 0 Å². The van der Waals surface area contributed by atoms with Crippen LogP contribution >= 0.6 is 0 Å². The fourth-order valence-electron chi connectivity index (χ4n) is 4.81. The van der Waals surface area contributed by atoms with Gasteiger partial charge in [-0.05, 0) is 42.7 Å². The van der Waals surface area contributed by atoms with Gasteiger partial charge in [0, 0.05) is 0 Å². The van der Waals surface area contributed by atoms with Crippen LogP contribution < -0.4 is 9.46 Å². The average Bonchev–Trinajstić information content (AvgIpc) is 3.37. The summed E-state index contributed by atoms with van der Waals surface area (Å²) in [6.07, 6.45) is 3.23. The van der Waals surface area contributed by atoms with Crippen molar-refractivity contribution in [3.63, 3.8) is 0 Å². The Morgan fingerprint density at radius 1 is 1.19 bits per heavy atom. The first-order chi connectivity index (χ1) is 14.9. The smallest absolute Gasteiger partial charge is 0.338 e. The molecule has 0 aromatic heterocycles. The Labute approximate surface area is 181 Å². The summed E-state index contributed by atoms with van der Waals surface area (Å²) in [5, 5.41) is -0.801. The predicted octanol–water partition coefficient (Wildman–Crippen LogP) is 2.23. The van der Waals surface area contributed by atoms with Gasteiger partial charge in [0.15, 0.2) is 6.10 Å². The zero-order valence-corrected chi connectivity index (χ0v) is 17.7. The molecule has 2 bridgehead atoms. The molecule has 162 valence electrons. The van der Waals surface area contributed by atoms with Crippen LogP contribution in [0.4, 0.5) is 0 Å². The van der Waals surface area contributed by atoms with Gasteiger partial charge in [-0.3, -0.25) is 0 Å². The van der Waals surface area contributed by atoms with E-state index in [1.807, 2.05) is 36.4 Å². The van der Waals surface area contributed by atoms with Crippen molar-refractivity contribution < 1.29 is 27.4 Å². The first-order valence-electron chi connectivity index (χ1n) is 10.2. The van der Waals surface area contributed by atoms with Crippen LogP contribution in [0.2, 0.25) is 0 Å². The van der Waals surface area contributed by atoms with Crippen molar-refractivity contribution >= 4 is 16.0 Å². The van der Waals surface area contributed by atoms with Gasteiger partial charge in [0.05, 0.1) is 24.8 Å². The molecule has 31 heavy (non-hydrogen) atoms. The maximum atomic E-state index is 13.1. The third-order valence-corrected chi connectivity index (χ3v) is 8.16. The second-order valence-corrected chi connectivity index (χ2v) is 10.0. The molecule has 0 radical (unpaired) electrons. The Kier molecular flexibility index (Phi) is 4.88. The number of methoxy groups -OCH3 is 1. The molecule has 3 aliphatic heterocycles. The Hall–Kier alpha value is -2.68. The molecule has 0 aliphatic carbocycles. The predicted molar refractivity (Wildman–Crippen MR) is 113 cm³/mol. The van der Waals surface area contributed by atoms with E-state index in [-0.39, 0.29) is 6.10 Å². The third kappa shape index (κ3) is 3.44. The lowest BCUT2D eigenvalue weighted by molar-refractivity contribution is -0.0867. The second-order valence-electron chi connectivity index (χ2n) is 8.11. The standard InChI is InChI=1S/C23H23NO6S/c1-28-17-9-5-8-16(13-17)22(25)29-21-19(12-15-6-3-2-4-7-15)24-31(26,27)20-14-18-10-11-23(20,21)30-18/h2-11,13,18-21,24H,12,14H2,1H3/t18-,19+,20+,21+,23-/m1/s1. The summed E-state index contributed by atoms with van der Waals surface area (Å²) >= 11 is 0. The number of fused-ring (bicyclic) bond motifs is 1. The summed E-state index contributed by atoms with van der Waals surface area (Å²) in [4.78, 5) is 13.1. The number of ether oxygens (including phenoxy) is 3. The van der Waals surface area contributed by atoms with Gasteiger partial charge in [-0.1, -0.05) is 42.5 Å². The maximum Gasteiger partial charge on any atom is 0.338 e. The Morgan fingerprint density at radius 3 is 2.74 bits per heavy atom. The molecule has 3 aliphatic rings. The van der Waals surface area contributed by atoms with Gasteiger partial charge in [-0.15, -0.1) is 0 Å². The van der Waals surface area contributed by atoms with Crippen LogP contribution in [-0.4, -0.2) is 50.6 Å². The second kappa shape index (κ2) is 7.47. The zero-order valence-electron chi connectivity index (χ0n) is 16.9. The van der Waals surface area contributed by atoms with Gasteiger partial charge in [0.1, 0.15) is 16.6 Å². The van der Waals surface area contributed by atoms with Gasteiger partial charge in [0.25, 0.3) is 0 Å². The lowest BCUT2D eigenvalue weighted by atomic mass is 9.83. The van der Waals surface area contributed by atoms with Crippen LogP contribution in [0.25, 0.3) is 0 Å². The van der Waals surface area contributed by atoms with Crippen molar-refractivity contribution in [2.24, 2.45) is 0 Å². The molecule has 0 amide bonds. The summed E-state index contributed by atoms with van der Waals surface area (Å²) in [5.74, 6) is -0.0165. The van der Waals surface area contributed by atoms with Crippen LogP contribution in [0.15, 0.2) is 66.7 Å². The largest absolute Gasteiger partial charge is 0.497 e. The van der Waals surface area contributed by atoms with Crippen LogP contribution in [-0.2, 0) is 25.9 Å². The Balaban J connectivity index is 1.51. The van der Waals surface area contributed by atoms with E-state index in [1.54, 1.807) is 30.3 Å². The summed E-state index contributed by atoms with van der Waals surface area (Å²) < 4.78 is 46.2. The van der Waals surface area contributed by atoms with Crippen molar-refractivity contribution in [3.05, 3.63) is 77.9 Å². The summed E-state index contributed by atoms with van der Waals surface area (Å²) in [6.45, 7) is 0. The van der Waals surface area contributed by atoms with Crippen LogP contribution in [0.5, 0.6) is 5.75 Å². The zero-order chi connectivity index (χ0) is 21.6. The van der Waals surface area contributed by atoms with E-state index >= 15 is 0 Å². The van der Waals surface area contributed by atoms with Crippen LogP contribution in [0, 0.1) is 0 Å². The molecule has 2 fully saturated rings. The van der Waals surface area contributed by atoms with E-state index in [0.717, 1.165) is 5.56 Å². The van der Waals surface area contributed by atoms with E-state index in [0.29, 0.717) is 24.2 Å². The summed E-state index contributed by atoms with van der Waals surface area (Å²) in [6, 6.07) is 15.5. The minimum atomic E-state index is -3.65. The number of hydrogen-bond donors (Lipinski definition) is 1. The van der Waals surface area contributed by atoms with Crippen LogP contribution in [0.3, 0.4) is 0 Å². The average molecular weight is 442 g/mol. The monoisotopic (exact) mass is 441 g/mol. The quantitative estimate of drug-likeness (QED) is 0.565. The summed E-state index contributed by atoms with van der Waals surface area (Å²) in [7, 11) is -2.13. The molecule has 2 saturated heterocycles. The molecule has 1 spiro atoms. The minimum absolute atomic E-state index is 0.296. The number of benzene rings is 2. The van der Waals surface area contributed by atoms with Gasteiger partial charge >= 0.3 is 5.97 Å². The Bertz CT molecular complexity index is 1130. The van der Waals surface area contributed by atoms with Crippen molar-refractivity contribution in [2.45, 2.75) is 41.9 Å². The highest BCUT2D eigenvalue weighted by atomic mass is 32.2. The molecule has 0 unspecified atom stereocenters. The number of carbonyl (C=O) groups excluding carboxylic acids is 1. The number of hydrogen-bond acceptors (Lipinski definition) is 6. The number of sulfonamides is 1. The molecule has 2 aromatic carbocycles. The normalized spacial score (nSPS) is 32.4. The number of nitrogens with one attached hydrogen (secondary N) is 1. The molecule has 5 atom stereocenters. The van der Waals surface area contributed by atoms with Crippen molar-refractivity contribution in [1.82, 2.24) is 4.72 Å².